The molecule has 0 aliphatic carbocycles. The quantitative estimate of drug-likeness (QED) is 0.832. The number of hydrogen-bond acceptors (Lipinski definition) is 3. The Morgan fingerprint density at radius 2 is 2.16 bits per heavy atom. The summed E-state index contributed by atoms with van der Waals surface area (Å²) in [6.07, 6.45) is -0.723. The van der Waals surface area contributed by atoms with E-state index in [0.717, 1.165) is 6.42 Å². The molecule has 2 atom stereocenters. The van der Waals surface area contributed by atoms with Crippen molar-refractivity contribution < 1.29 is 19.0 Å². The molecule has 1 unspecified atom stereocenters. The Morgan fingerprint density at radius 3 is 2.74 bits per heavy atom. The number of amides is 1. The molecule has 19 heavy (non-hydrogen) atoms. The number of ether oxygens (including phenoxy) is 1. The highest BCUT2D eigenvalue weighted by atomic mass is 19.1. The van der Waals surface area contributed by atoms with Gasteiger partial charge in [-0.2, -0.15) is 0 Å². The molecular weight excluding hydrogens is 249 g/mol. The van der Waals surface area contributed by atoms with Gasteiger partial charge in [0, 0.05) is 12.1 Å². The van der Waals surface area contributed by atoms with Gasteiger partial charge in [0.25, 0.3) is 5.91 Å². The van der Waals surface area contributed by atoms with E-state index in [1.807, 2.05) is 6.92 Å². The maximum absolute atomic E-state index is 13.1. The summed E-state index contributed by atoms with van der Waals surface area (Å²) >= 11 is 0. The summed E-state index contributed by atoms with van der Waals surface area (Å²) in [5.74, 6) is -0.371. The number of aliphatic hydroxyl groups excluding tert-OH is 1. The van der Waals surface area contributed by atoms with Crippen molar-refractivity contribution in [3.63, 3.8) is 0 Å². The SMILES string of the molecule is CCCNC(=O)C(C)Oc1ccc(F)cc1[C@@H](C)O. The molecule has 0 saturated heterocycles. The zero-order chi connectivity index (χ0) is 14.4. The van der Waals surface area contributed by atoms with Gasteiger partial charge in [-0.3, -0.25) is 4.79 Å². The van der Waals surface area contributed by atoms with Gasteiger partial charge in [0.1, 0.15) is 11.6 Å². The lowest BCUT2D eigenvalue weighted by Crippen LogP contribution is -2.36. The van der Waals surface area contributed by atoms with Gasteiger partial charge in [0.2, 0.25) is 0 Å². The molecule has 0 spiro atoms. The van der Waals surface area contributed by atoms with Crippen LogP contribution in [0.1, 0.15) is 38.9 Å². The van der Waals surface area contributed by atoms with Crippen molar-refractivity contribution in [2.75, 3.05) is 6.54 Å². The molecule has 5 heteroatoms. The number of nitrogens with one attached hydrogen (secondary N) is 1. The molecule has 2 N–H and O–H groups in total. The second kappa shape index (κ2) is 7.09. The normalized spacial score (nSPS) is 13.7. The van der Waals surface area contributed by atoms with Gasteiger partial charge >= 0.3 is 0 Å². The molecule has 1 amide bonds. The molecule has 1 aromatic rings. The largest absolute Gasteiger partial charge is 0.481 e. The Balaban J connectivity index is 2.78. The lowest BCUT2D eigenvalue weighted by atomic mass is 10.1. The second-order valence-electron chi connectivity index (χ2n) is 4.41. The van der Waals surface area contributed by atoms with Gasteiger partial charge < -0.3 is 15.2 Å². The first kappa shape index (κ1) is 15.4. The summed E-state index contributed by atoms with van der Waals surface area (Å²) in [4.78, 5) is 11.7. The van der Waals surface area contributed by atoms with E-state index in [0.29, 0.717) is 17.9 Å². The van der Waals surface area contributed by atoms with E-state index in [1.54, 1.807) is 6.92 Å². The molecule has 4 nitrogen and oxygen atoms in total. The van der Waals surface area contributed by atoms with Crippen LogP contribution in [0.4, 0.5) is 4.39 Å². The second-order valence-corrected chi connectivity index (χ2v) is 4.41. The minimum absolute atomic E-state index is 0.234. The Hall–Kier alpha value is -1.62. The van der Waals surface area contributed by atoms with Crippen molar-refractivity contribution in [1.29, 1.82) is 0 Å². The molecule has 0 aromatic heterocycles. The van der Waals surface area contributed by atoms with Crippen LogP contribution < -0.4 is 10.1 Å². The molecule has 0 aliphatic heterocycles. The fraction of sp³-hybridized carbons (Fsp3) is 0.500. The van der Waals surface area contributed by atoms with Crippen LogP contribution >= 0.6 is 0 Å². The van der Waals surface area contributed by atoms with Gasteiger partial charge in [-0.25, -0.2) is 4.39 Å². The van der Waals surface area contributed by atoms with Gasteiger partial charge in [-0.15, -0.1) is 0 Å². The van der Waals surface area contributed by atoms with Gasteiger partial charge in [-0.1, -0.05) is 6.92 Å². The van der Waals surface area contributed by atoms with Crippen molar-refractivity contribution in [2.45, 2.75) is 39.4 Å². The molecule has 0 heterocycles. The highest BCUT2D eigenvalue weighted by molar-refractivity contribution is 5.80. The summed E-state index contributed by atoms with van der Waals surface area (Å²) < 4.78 is 18.6. The fourth-order valence-corrected chi connectivity index (χ4v) is 1.59. The third-order valence-corrected chi connectivity index (χ3v) is 2.64. The van der Waals surface area contributed by atoms with E-state index in [-0.39, 0.29) is 5.91 Å². The molecule has 0 fully saturated rings. The molecular formula is C14H20FNO3. The summed E-state index contributed by atoms with van der Waals surface area (Å²) in [6, 6.07) is 3.86. The molecule has 0 saturated carbocycles. The Labute approximate surface area is 112 Å². The minimum Gasteiger partial charge on any atom is -0.481 e. The molecule has 0 aliphatic rings. The topological polar surface area (TPSA) is 58.6 Å². The lowest BCUT2D eigenvalue weighted by Gasteiger charge is -2.18. The summed E-state index contributed by atoms with van der Waals surface area (Å²) in [5, 5.41) is 12.3. The summed E-state index contributed by atoms with van der Waals surface area (Å²) in [5.41, 5.74) is 0.329. The first-order chi connectivity index (χ1) is 8.95. The number of halogens is 1. The zero-order valence-corrected chi connectivity index (χ0v) is 11.4. The van der Waals surface area contributed by atoms with Crippen molar-refractivity contribution >= 4 is 5.91 Å². The average molecular weight is 269 g/mol. The number of hydrogen-bond donors (Lipinski definition) is 2. The number of rotatable bonds is 6. The molecule has 1 aromatic carbocycles. The number of benzene rings is 1. The highest BCUT2D eigenvalue weighted by Gasteiger charge is 2.17. The monoisotopic (exact) mass is 269 g/mol. The summed E-state index contributed by atoms with van der Waals surface area (Å²) in [6.45, 7) is 5.67. The molecule has 0 bridgehead atoms. The van der Waals surface area contributed by atoms with Crippen molar-refractivity contribution in [3.8, 4) is 5.75 Å². The molecule has 0 radical (unpaired) electrons. The maximum atomic E-state index is 13.1. The van der Waals surface area contributed by atoms with Crippen LogP contribution in [-0.2, 0) is 4.79 Å². The van der Waals surface area contributed by atoms with E-state index in [9.17, 15) is 14.3 Å². The lowest BCUT2D eigenvalue weighted by molar-refractivity contribution is -0.127. The van der Waals surface area contributed by atoms with E-state index in [2.05, 4.69) is 5.32 Å². The average Bonchev–Trinajstić information content (AvgIpc) is 2.37. The Kier molecular flexibility index (Phi) is 5.76. The predicted molar refractivity (Wildman–Crippen MR) is 70.4 cm³/mol. The Morgan fingerprint density at radius 1 is 1.47 bits per heavy atom. The third kappa shape index (κ3) is 4.52. The first-order valence-corrected chi connectivity index (χ1v) is 6.37. The van der Waals surface area contributed by atoms with E-state index >= 15 is 0 Å². The van der Waals surface area contributed by atoms with E-state index in [4.69, 9.17) is 4.74 Å². The number of aliphatic hydroxyl groups is 1. The van der Waals surface area contributed by atoms with Gasteiger partial charge in [-0.05, 0) is 38.5 Å². The number of carbonyl (C=O) groups excluding carboxylic acids is 1. The van der Waals surface area contributed by atoms with Gasteiger partial charge in [0.15, 0.2) is 6.10 Å². The van der Waals surface area contributed by atoms with Crippen molar-refractivity contribution in [2.24, 2.45) is 0 Å². The first-order valence-electron chi connectivity index (χ1n) is 6.37. The maximum Gasteiger partial charge on any atom is 0.260 e. The van der Waals surface area contributed by atoms with Crippen LogP contribution in [-0.4, -0.2) is 23.7 Å². The van der Waals surface area contributed by atoms with Crippen LogP contribution in [0.2, 0.25) is 0 Å². The van der Waals surface area contributed by atoms with Crippen LogP contribution in [0.25, 0.3) is 0 Å². The Bertz CT molecular complexity index is 435. The zero-order valence-electron chi connectivity index (χ0n) is 11.4. The fourth-order valence-electron chi connectivity index (χ4n) is 1.59. The van der Waals surface area contributed by atoms with Crippen molar-refractivity contribution in [1.82, 2.24) is 5.32 Å². The van der Waals surface area contributed by atoms with Crippen LogP contribution in [0.5, 0.6) is 5.75 Å². The smallest absolute Gasteiger partial charge is 0.260 e. The minimum atomic E-state index is -0.864. The standard InChI is InChI=1S/C14H20FNO3/c1-4-7-16-14(18)10(3)19-13-6-5-11(15)8-12(13)9(2)17/h5-6,8-10,17H,4,7H2,1-3H3,(H,16,18)/t9-,10?/m1/s1. The van der Waals surface area contributed by atoms with Crippen LogP contribution in [0.15, 0.2) is 18.2 Å². The predicted octanol–water partition coefficient (Wildman–Crippen LogP) is 2.17. The van der Waals surface area contributed by atoms with E-state index in [1.165, 1.54) is 25.1 Å². The highest BCUT2D eigenvalue weighted by Crippen LogP contribution is 2.26. The number of carbonyl (C=O) groups is 1. The molecule has 106 valence electrons. The van der Waals surface area contributed by atoms with Gasteiger partial charge in [0.05, 0.1) is 6.10 Å². The van der Waals surface area contributed by atoms with Crippen molar-refractivity contribution in [3.05, 3.63) is 29.6 Å². The molecule has 1 rings (SSSR count). The van der Waals surface area contributed by atoms with Crippen LogP contribution in [0, 0.1) is 5.82 Å². The third-order valence-electron chi connectivity index (χ3n) is 2.64. The van der Waals surface area contributed by atoms with Crippen LogP contribution in [0.3, 0.4) is 0 Å². The van der Waals surface area contributed by atoms with E-state index < -0.39 is 18.0 Å². The summed E-state index contributed by atoms with van der Waals surface area (Å²) in [7, 11) is 0.